The quantitative estimate of drug-likeness (QED) is 0.780. The number of aliphatic hydroxyl groups is 1. The number of aliphatic hydroxyl groups excluding tert-OH is 1. The number of ether oxygens (including phenoxy) is 1. The van der Waals surface area contributed by atoms with Crippen LogP contribution in [0.15, 0.2) is 30.0 Å². The Morgan fingerprint density at radius 3 is 3.04 bits per heavy atom. The van der Waals surface area contributed by atoms with Gasteiger partial charge in [-0.25, -0.2) is 4.98 Å². The highest BCUT2D eigenvalue weighted by Crippen LogP contribution is 2.24. The Morgan fingerprint density at radius 2 is 2.21 bits per heavy atom. The summed E-state index contributed by atoms with van der Waals surface area (Å²) in [5.74, 6) is 0.0211. The predicted octanol–water partition coefficient (Wildman–Crippen LogP) is 0.223. The number of anilines is 1. The van der Waals surface area contributed by atoms with Crippen molar-refractivity contribution in [2.24, 2.45) is 0 Å². The number of β-amino-alcohol motifs (C(OH)–C–C–N with tert-alkyl or cyclic N) is 1. The molecule has 2 aromatic rings. The summed E-state index contributed by atoms with van der Waals surface area (Å²) in [5.41, 5.74) is 2.70. The first kappa shape index (κ1) is 14.9. The topological polar surface area (TPSA) is 96.7 Å². The zero-order chi connectivity index (χ0) is 16.7. The number of amides is 2. The monoisotopic (exact) mass is 328 g/mol. The Balaban J connectivity index is 1.60. The molecule has 3 heterocycles. The fourth-order valence-corrected chi connectivity index (χ4v) is 3.00. The van der Waals surface area contributed by atoms with Gasteiger partial charge in [0.05, 0.1) is 30.8 Å². The molecule has 0 unspecified atom stereocenters. The number of imidazole rings is 1. The fourth-order valence-electron chi connectivity index (χ4n) is 3.00. The highest BCUT2D eigenvalue weighted by atomic mass is 16.5. The number of imide groups is 1. The van der Waals surface area contributed by atoms with Crippen molar-refractivity contribution >= 4 is 28.5 Å². The van der Waals surface area contributed by atoms with Crippen LogP contribution < -0.4 is 5.32 Å². The Labute approximate surface area is 137 Å². The molecule has 0 saturated heterocycles. The summed E-state index contributed by atoms with van der Waals surface area (Å²) in [6.07, 6.45) is 1.24. The highest BCUT2D eigenvalue weighted by molar-refractivity contribution is 6.17. The predicted molar refractivity (Wildman–Crippen MR) is 84.9 cm³/mol. The van der Waals surface area contributed by atoms with E-state index in [9.17, 15) is 9.59 Å². The zero-order valence-electron chi connectivity index (χ0n) is 12.9. The first-order valence-corrected chi connectivity index (χ1v) is 7.69. The number of fused-ring (bicyclic) bond motifs is 3. The first-order chi connectivity index (χ1) is 11.7. The van der Waals surface area contributed by atoms with E-state index in [1.54, 1.807) is 0 Å². The number of carbonyl (C=O) groups excluding carboxylic acids is 2. The van der Waals surface area contributed by atoms with Crippen LogP contribution in [0.4, 0.5) is 5.69 Å². The van der Waals surface area contributed by atoms with Crippen LogP contribution in [0.2, 0.25) is 0 Å². The second-order valence-electron chi connectivity index (χ2n) is 5.64. The lowest BCUT2D eigenvalue weighted by Gasteiger charge is -2.15. The van der Waals surface area contributed by atoms with Crippen LogP contribution in [0.1, 0.15) is 5.82 Å². The van der Waals surface area contributed by atoms with Gasteiger partial charge in [0.1, 0.15) is 18.1 Å². The first-order valence-electron chi connectivity index (χ1n) is 7.69. The Morgan fingerprint density at radius 1 is 1.33 bits per heavy atom. The van der Waals surface area contributed by atoms with Crippen molar-refractivity contribution in [1.29, 1.82) is 0 Å². The molecule has 4 rings (SSSR count). The summed E-state index contributed by atoms with van der Waals surface area (Å²) >= 11 is 0. The van der Waals surface area contributed by atoms with Gasteiger partial charge >= 0.3 is 0 Å². The molecule has 2 aliphatic rings. The molecule has 1 aromatic carbocycles. The van der Waals surface area contributed by atoms with Crippen molar-refractivity contribution in [3.63, 3.8) is 0 Å². The van der Waals surface area contributed by atoms with Crippen LogP contribution in [0.5, 0.6) is 0 Å². The Hall–Kier alpha value is -2.71. The molecule has 0 bridgehead atoms. The van der Waals surface area contributed by atoms with Gasteiger partial charge in [0.25, 0.3) is 11.8 Å². The van der Waals surface area contributed by atoms with Gasteiger partial charge in [-0.15, -0.1) is 0 Å². The van der Waals surface area contributed by atoms with Crippen molar-refractivity contribution in [3.05, 3.63) is 35.8 Å². The van der Waals surface area contributed by atoms with E-state index < -0.39 is 11.8 Å². The van der Waals surface area contributed by atoms with Gasteiger partial charge in [-0.1, -0.05) is 0 Å². The SMILES string of the molecule is O=C1C=C(Nc2ccc3c(c2)nc2n3CCOC2)C(=O)N1CCO. The molecule has 0 radical (unpaired) electrons. The molecular weight excluding hydrogens is 312 g/mol. The molecule has 2 amide bonds. The second kappa shape index (κ2) is 5.73. The van der Waals surface area contributed by atoms with Crippen LogP contribution in [-0.2, 0) is 27.5 Å². The van der Waals surface area contributed by atoms with Crippen LogP contribution in [0.3, 0.4) is 0 Å². The largest absolute Gasteiger partial charge is 0.395 e. The molecule has 2 aliphatic heterocycles. The number of carbonyl (C=O) groups is 2. The lowest BCUT2D eigenvalue weighted by atomic mass is 10.2. The summed E-state index contributed by atoms with van der Waals surface area (Å²) in [7, 11) is 0. The molecule has 0 fully saturated rings. The summed E-state index contributed by atoms with van der Waals surface area (Å²) in [6, 6.07) is 5.63. The zero-order valence-corrected chi connectivity index (χ0v) is 12.9. The number of nitrogens with one attached hydrogen (secondary N) is 1. The van der Waals surface area contributed by atoms with Gasteiger partial charge in [0, 0.05) is 18.3 Å². The van der Waals surface area contributed by atoms with Crippen LogP contribution in [0, 0.1) is 0 Å². The van der Waals surface area contributed by atoms with Crippen LogP contribution in [0.25, 0.3) is 11.0 Å². The van der Waals surface area contributed by atoms with Crippen LogP contribution in [-0.4, -0.2) is 51.1 Å². The van der Waals surface area contributed by atoms with E-state index in [4.69, 9.17) is 9.84 Å². The molecule has 0 aliphatic carbocycles. The number of rotatable bonds is 4. The minimum absolute atomic E-state index is 0.00779. The molecule has 0 atom stereocenters. The van der Waals surface area contributed by atoms with Gasteiger partial charge < -0.3 is 19.7 Å². The summed E-state index contributed by atoms with van der Waals surface area (Å²) < 4.78 is 7.53. The van der Waals surface area contributed by atoms with Crippen molar-refractivity contribution in [1.82, 2.24) is 14.5 Å². The minimum Gasteiger partial charge on any atom is -0.395 e. The summed E-state index contributed by atoms with van der Waals surface area (Å²) in [6.45, 7) is 1.67. The van der Waals surface area contributed by atoms with E-state index in [2.05, 4.69) is 14.9 Å². The third kappa shape index (κ3) is 2.36. The normalized spacial score (nSPS) is 17.4. The number of nitrogens with zero attached hydrogens (tertiary/aromatic N) is 3. The Kier molecular flexibility index (Phi) is 3.55. The van der Waals surface area contributed by atoms with E-state index >= 15 is 0 Å². The van der Waals surface area contributed by atoms with Crippen LogP contribution >= 0.6 is 0 Å². The van der Waals surface area contributed by atoms with Crippen molar-refractivity contribution in [2.75, 3.05) is 25.1 Å². The number of aromatic nitrogens is 2. The van der Waals surface area contributed by atoms with Gasteiger partial charge in [0.15, 0.2) is 0 Å². The number of hydrogen-bond acceptors (Lipinski definition) is 6. The maximum Gasteiger partial charge on any atom is 0.277 e. The molecule has 2 N–H and O–H groups in total. The van der Waals surface area contributed by atoms with Crippen molar-refractivity contribution in [2.45, 2.75) is 13.2 Å². The maximum atomic E-state index is 12.2. The standard InChI is InChI=1S/C16H16N4O4/c21-5-3-20-15(22)8-12(16(20)23)17-10-1-2-13-11(7-10)18-14-9-24-6-4-19(13)14/h1-2,7-8,17,21H,3-6,9H2. The van der Waals surface area contributed by atoms with Gasteiger partial charge in [-0.2, -0.15) is 0 Å². The van der Waals surface area contributed by atoms with E-state index in [0.717, 1.165) is 28.3 Å². The summed E-state index contributed by atoms with van der Waals surface area (Å²) in [4.78, 5) is 29.5. The fraction of sp³-hybridized carbons (Fsp3) is 0.312. The van der Waals surface area contributed by atoms with Crippen molar-refractivity contribution in [3.8, 4) is 0 Å². The molecule has 24 heavy (non-hydrogen) atoms. The molecule has 0 saturated carbocycles. The Bertz CT molecular complexity index is 870. The maximum absolute atomic E-state index is 12.2. The second-order valence-corrected chi connectivity index (χ2v) is 5.64. The molecule has 8 heteroatoms. The highest BCUT2D eigenvalue weighted by Gasteiger charge is 2.30. The molecular formula is C16H16N4O4. The van der Waals surface area contributed by atoms with Gasteiger partial charge in [-0.3, -0.25) is 14.5 Å². The van der Waals surface area contributed by atoms with Gasteiger partial charge in [-0.05, 0) is 18.2 Å². The molecule has 8 nitrogen and oxygen atoms in total. The number of hydrogen-bond donors (Lipinski definition) is 2. The number of benzene rings is 1. The van der Waals surface area contributed by atoms with E-state index in [1.807, 2.05) is 18.2 Å². The van der Waals surface area contributed by atoms with E-state index in [0.29, 0.717) is 18.9 Å². The average molecular weight is 328 g/mol. The average Bonchev–Trinajstić information content (AvgIpc) is 3.07. The third-order valence-corrected chi connectivity index (χ3v) is 4.13. The van der Waals surface area contributed by atoms with E-state index in [-0.39, 0.29) is 18.8 Å². The minimum atomic E-state index is -0.438. The lowest BCUT2D eigenvalue weighted by molar-refractivity contribution is -0.137. The summed E-state index contributed by atoms with van der Waals surface area (Å²) in [5, 5.41) is 11.9. The van der Waals surface area contributed by atoms with E-state index in [1.165, 1.54) is 6.08 Å². The van der Waals surface area contributed by atoms with Gasteiger partial charge in [0.2, 0.25) is 0 Å². The van der Waals surface area contributed by atoms with Crippen molar-refractivity contribution < 1.29 is 19.4 Å². The molecule has 0 spiro atoms. The molecule has 1 aromatic heterocycles. The molecule has 124 valence electrons. The lowest BCUT2D eigenvalue weighted by Crippen LogP contribution is -2.34. The smallest absolute Gasteiger partial charge is 0.277 e. The third-order valence-electron chi connectivity index (χ3n) is 4.13.